The molecule has 0 saturated carbocycles. The molecule has 0 amide bonds. The van der Waals surface area contributed by atoms with E-state index in [9.17, 15) is 4.39 Å². The standard InChI is InChI=1S/C16H18BrFN2S.ClH/c1-11-9-12(17)10-13(15(11)18)16(14-3-2-8-21-14)20-6-4-19-5-7-20;/h2-3,8-10,16,19H,4-7H2,1H3;1H/t16-;/m0./s1. The fourth-order valence-electron chi connectivity index (χ4n) is 2.87. The molecule has 0 radical (unpaired) electrons. The van der Waals surface area contributed by atoms with Gasteiger partial charge in [0.1, 0.15) is 5.82 Å². The van der Waals surface area contributed by atoms with Crippen molar-refractivity contribution in [3.05, 3.63) is 55.9 Å². The fourth-order valence-corrected chi connectivity index (χ4v) is 4.33. The van der Waals surface area contributed by atoms with Crippen molar-refractivity contribution < 1.29 is 4.39 Å². The predicted molar refractivity (Wildman–Crippen MR) is 96.7 cm³/mol. The van der Waals surface area contributed by atoms with Crippen LogP contribution in [-0.2, 0) is 0 Å². The molecule has 1 aliphatic rings. The molecular weight excluding hydrogens is 387 g/mol. The number of hydrogen-bond donors (Lipinski definition) is 1. The van der Waals surface area contributed by atoms with Crippen LogP contribution in [0.2, 0.25) is 0 Å². The highest BCUT2D eigenvalue weighted by atomic mass is 79.9. The monoisotopic (exact) mass is 404 g/mol. The summed E-state index contributed by atoms with van der Waals surface area (Å²) in [4.78, 5) is 3.57. The average molecular weight is 406 g/mol. The smallest absolute Gasteiger partial charge is 0.131 e. The average Bonchev–Trinajstić information content (AvgIpc) is 2.99. The highest BCUT2D eigenvalue weighted by Crippen LogP contribution is 2.35. The van der Waals surface area contributed by atoms with E-state index in [1.165, 1.54) is 4.88 Å². The van der Waals surface area contributed by atoms with E-state index in [0.29, 0.717) is 5.56 Å². The van der Waals surface area contributed by atoms with E-state index in [0.717, 1.165) is 36.2 Å². The van der Waals surface area contributed by atoms with Crippen LogP contribution >= 0.6 is 39.7 Å². The zero-order valence-electron chi connectivity index (χ0n) is 12.3. The van der Waals surface area contributed by atoms with Gasteiger partial charge in [0.2, 0.25) is 0 Å². The molecule has 0 aliphatic carbocycles. The number of nitrogens with one attached hydrogen (secondary N) is 1. The summed E-state index contributed by atoms with van der Waals surface area (Å²) >= 11 is 5.20. The number of thiophene rings is 1. The lowest BCUT2D eigenvalue weighted by Gasteiger charge is -2.35. The molecule has 1 aliphatic heterocycles. The SMILES string of the molecule is Cc1cc(Br)cc([C@@H](c2cccs2)N2CCNCC2)c1F.Cl. The maximum Gasteiger partial charge on any atom is 0.131 e. The van der Waals surface area contributed by atoms with Gasteiger partial charge in [-0.3, -0.25) is 4.90 Å². The third-order valence-corrected chi connectivity index (χ3v) is 5.25. The maximum absolute atomic E-state index is 14.7. The largest absolute Gasteiger partial charge is 0.314 e. The first-order valence-electron chi connectivity index (χ1n) is 7.10. The van der Waals surface area contributed by atoms with Gasteiger partial charge in [-0.15, -0.1) is 23.7 Å². The summed E-state index contributed by atoms with van der Waals surface area (Å²) in [6.45, 7) is 5.61. The van der Waals surface area contributed by atoms with Crippen molar-refractivity contribution in [3.63, 3.8) is 0 Å². The molecule has 6 heteroatoms. The Morgan fingerprint density at radius 2 is 2.05 bits per heavy atom. The number of hydrogen-bond acceptors (Lipinski definition) is 3. The van der Waals surface area contributed by atoms with Gasteiger partial charge in [-0.25, -0.2) is 4.39 Å². The Bertz CT molecular complexity index is 615. The number of halogens is 3. The lowest BCUT2D eigenvalue weighted by molar-refractivity contribution is 0.197. The quantitative estimate of drug-likeness (QED) is 0.815. The minimum atomic E-state index is -0.0878. The molecule has 0 bridgehead atoms. The number of nitrogens with zero attached hydrogens (tertiary/aromatic N) is 1. The third kappa shape index (κ3) is 3.71. The molecule has 2 heterocycles. The Morgan fingerprint density at radius 1 is 1.32 bits per heavy atom. The highest BCUT2D eigenvalue weighted by Gasteiger charge is 2.27. The molecule has 2 aromatic rings. The van der Waals surface area contributed by atoms with Gasteiger partial charge in [0, 0.05) is 41.1 Å². The summed E-state index contributed by atoms with van der Waals surface area (Å²) in [6, 6.07) is 7.91. The Labute approximate surface area is 149 Å². The summed E-state index contributed by atoms with van der Waals surface area (Å²) in [5.41, 5.74) is 1.46. The second kappa shape index (κ2) is 7.88. The topological polar surface area (TPSA) is 15.3 Å². The van der Waals surface area contributed by atoms with E-state index in [-0.39, 0.29) is 24.3 Å². The van der Waals surface area contributed by atoms with Crippen LogP contribution in [0.15, 0.2) is 34.1 Å². The zero-order valence-corrected chi connectivity index (χ0v) is 15.5. The van der Waals surface area contributed by atoms with E-state index >= 15 is 0 Å². The van der Waals surface area contributed by atoms with Gasteiger partial charge < -0.3 is 5.32 Å². The van der Waals surface area contributed by atoms with Crippen molar-refractivity contribution in [2.24, 2.45) is 0 Å². The number of piperazine rings is 1. The molecule has 1 aromatic heterocycles. The van der Waals surface area contributed by atoms with Crippen molar-refractivity contribution in [2.75, 3.05) is 26.2 Å². The Morgan fingerprint density at radius 3 is 2.68 bits per heavy atom. The molecule has 1 N–H and O–H groups in total. The molecule has 2 nitrogen and oxygen atoms in total. The number of aryl methyl sites for hydroxylation is 1. The van der Waals surface area contributed by atoms with E-state index in [4.69, 9.17) is 0 Å². The van der Waals surface area contributed by atoms with Crippen molar-refractivity contribution in [1.82, 2.24) is 10.2 Å². The second-order valence-electron chi connectivity index (χ2n) is 5.33. The van der Waals surface area contributed by atoms with Crippen LogP contribution in [0.25, 0.3) is 0 Å². The van der Waals surface area contributed by atoms with Gasteiger partial charge in [0.05, 0.1) is 6.04 Å². The predicted octanol–water partition coefficient (Wildman–Crippen LogP) is 4.37. The maximum atomic E-state index is 14.7. The molecule has 22 heavy (non-hydrogen) atoms. The summed E-state index contributed by atoms with van der Waals surface area (Å²) in [6.07, 6.45) is 0. The van der Waals surface area contributed by atoms with Gasteiger partial charge in [-0.2, -0.15) is 0 Å². The first-order valence-corrected chi connectivity index (χ1v) is 8.78. The van der Waals surface area contributed by atoms with Crippen molar-refractivity contribution in [1.29, 1.82) is 0 Å². The minimum Gasteiger partial charge on any atom is -0.314 e. The van der Waals surface area contributed by atoms with E-state index in [1.807, 2.05) is 25.1 Å². The third-order valence-electron chi connectivity index (χ3n) is 3.87. The lowest BCUT2D eigenvalue weighted by Crippen LogP contribution is -2.45. The first kappa shape index (κ1) is 17.9. The zero-order chi connectivity index (χ0) is 14.8. The molecule has 120 valence electrons. The Hall–Kier alpha value is -0.460. The minimum absolute atomic E-state index is 0. The summed E-state index contributed by atoms with van der Waals surface area (Å²) in [7, 11) is 0. The van der Waals surface area contributed by atoms with Gasteiger partial charge in [-0.1, -0.05) is 22.0 Å². The highest BCUT2D eigenvalue weighted by molar-refractivity contribution is 9.10. The van der Waals surface area contributed by atoms with E-state index in [2.05, 4.69) is 37.6 Å². The summed E-state index contributed by atoms with van der Waals surface area (Å²) in [5.74, 6) is -0.0878. The van der Waals surface area contributed by atoms with Crippen molar-refractivity contribution in [3.8, 4) is 0 Å². The molecule has 1 atom stereocenters. The van der Waals surface area contributed by atoms with Gasteiger partial charge in [0.15, 0.2) is 0 Å². The van der Waals surface area contributed by atoms with Crippen LogP contribution in [0.4, 0.5) is 4.39 Å². The Kier molecular flexibility index (Phi) is 6.41. The molecule has 1 aromatic carbocycles. The molecule has 0 spiro atoms. The fraction of sp³-hybridized carbons (Fsp3) is 0.375. The van der Waals surface area contributed by atoms with Crippen molar-refractivity contribution >= 4 is 39.7 Å². The van der Waals surface area contributed by atoms with Crippen LogP contribution in [0.1, 0.15) is 22.0 Å². The van der Waals surface area contributed by atoms with Crippen LogP contribution in [0.5, 0.6) is 0 Å². The number of benzene rings is 1. The van der Waals surface area contributed by atoms with Crippen LogP contribution in [0.3, 0.4) is 0 Å². The second-order valence-corrected chi connectivity index (χ2v) is 7.22. The van der Waals surface area contributed by atoms with Gasteiger partial charge >= 0.3 is 0 Å². The molecule has 3 rings (SSSR count). The van der Waals surface area contributed by atoms with E-state index < -0.39 is 0 Å². The Balaban J connectivity index is 0.00000176. The summed E-state index contributed by atoms with van der Waals surface area (Å²) in [5, 5.41) is 5.43. The van der Waals surface area contributed by atoms with Gasteiger partial charge in [0.25, 0.3) is 0 Å². The summed E-state index contributed by atoms with van der Waals surface area (Å²) < 4.78 is 15.7. The molecule has 1 saturated heterocycles. The molecular formula is C16H19BrClFN2S. The van der Waals surface area contributed by atoms with Crippen LogP contribution in [-0.4, -0.2) is 31.1 Å². The van der Waals surface area contributed by atoms with Crippen LogP contribution in [0, 0.1) is 12.7 Å². The molecule has 1 fully saturated rings. The number of rotatable bonds is 3. The normalized spacial score (nSPS) is 17.0. The molecule has 0 unspecified atom stereocenters. The van der Waals surface area contributed by atoms with Gasteiger partial charge in [-0.05, 0) is 36.1 Å². The van der Waals surface area contributed by atoms with Crippen molar-refractivity contribution in [2.45, 2.75) is 13.0 Å². The lowest BCUT2D eigenvalue weighted by atomic mass is 10.00. The van der Waals surface area contributed by atoms with Crippen LogP contribution < -0.4 is 5.32 Å². The first-order chi connectivity index (χ1) is 10.2. The van der Waals surface area contributed by atoms with E-state index in [1.54, 1.807) is 11.3 Å².